The molecular formula is C15H22N4O2. The molecule has 21 heavy (non-hydrogen) atoms. The highest BCUT2D eigenvalue weighted by Gasteiger charge is 2.17. The van der Waals surface area contributed by atoms with Gasteiger partial charge in [-0.05, 0) is 18.9 Å². The van der Waals surface area contributed by atoms with Gasteiger partial charge in [-0.15, -0.1) is 0 Å². The van der Waals surface area contributed by atoms with Crippen molar-refractivity contribution in [3.8, 4) is 0 Å². The molecule has 114 valence electrons. The van der Waals surface area contributed by atoms with Gasteiger partial charge in [-0.1, -0.05) is 12.5 Å². The van der Waals surface area contributed by atoms with E-state index in [0.29, 0.717) is 31.7 Å². The fraction of sp³-hybridized carbons (Fsp3) is 0.533. The van der Waals surface area contributed by atoms with Gasteiger partial charge in [0.15, 0.2) is 0 Å². The number of pyridine rings is 1. The summed E-state index contributed by atoms with van der Waals surface area (Å²) in [5.41, 5.74) is 6.52. The first kappa shape index (κ1) is 15.3. The van der Waals surface area contributed by atoms with Crippen LogP contribution in [0.4, 0.5) is 5.82 Å². The molecule has 1 aliphatic rings. The standard InChI is InChI=1S/C15H22N4O2/c16-15-12(5-4-8-17-15)11-18-13(20)7-10-19-9-3-1-2-6-14(19)21/h4-5,8H,1-3,6-7,9-11H2,(H2,16,17)(H,18,20). The number of aromatic nitrogens is 1. The number of hydrogen-bond donors (Lipinski definition) is 2. The number of rotatable bonds is 5. The maximum Gasteiger partial charge on any atom is 0.222 e. The van der Waals surface area contributed by atoms with Gasteiger partial charge in [-0.3, -0.25) is 9.59 Å². The lowest BCUT2D eigenvalue weighted by molar-refractivity contribution is -0.131. The molecule has 3 N–H and O–H groups in total. The number of nitrogens with zero attached hydrogens (tertiary/aromatic N) is 2. The molecule has 0 bridgehead atoms. The Morgan fingerprint density at radius 2 is 2.24 bits per heavy atom. The summed E-state index contributed by atoms with van der Waals surface area (Å²) in [6.45, 7) is 1.63. The Balaban J connectivity index is 1.74. The Hall–Kier alpha value is -2.11. The van der Waals surface area contributed by atoms with Gasteiger partial charge in [0.2, 0.25) is 11.8 Å². The molecule has 0 radical (unpaired) electrons. The molecule has 0 saturated carbocycles. The first-order chi connectivity index (χ1) is 10.2. The van der Waals surface area contributed by atoms with Crippen molar-refractivity contribution < 1.29 is 9.59 Å². The normalized spacial score (nSPS) is 15.6. The fourth-order valence-corrected chi connectivity index (χ4v) is 2.39. The summed E-state index contributed by atoms with van der Waals surface area (Å²) < 4.78 is 0. The minimum absolute atomic E-state index is 0.0738. The average molecular weight is 290 g/mol. The number of nitrogens with one attached hydrogen (secondary N) is 1. The molecule has 1 fully saturated rings. The molecule has 2 heterocycles. The van der Waals surface area contributed by atoms with Crippen LogP contribution in [0.5, 0.6) is 0 Å². The number of anilines is 1. The summed E-state index contributed by atoms with van der Waals surface area (Å²) in [6, 6.07) is 3.62. The predicted molar refractivity (Wildman–Crippen MR) is 80.2 cm³/mol. The van der Waals surface area contributed by atoms with Crippen LogP contribution < -0.4 is 11.1 Å². The van der Waals surface area contributed by atoms with Crippen molar-refractivity contribution in [2.24, 2.45) is 0 Å². The number of carbonyl (C=O) groups is 2. The molecule has 0 unspecified atom stereocenters. The zero-order chi connectivity index (χ0) is 15.1. The minimum atomic E-state index is -0.0738. The van der Waals surface area contributed by atoms with E-state index in [0.717, 1.165) is 31.4 Å². The second-order valence-corrected chi connectivity index (χ2v) is 5.27. The van der Waals surface area contributed by atoms with Gasteiger partial charge in [0.25, 0.3) is 0 Å². The van der Waals surface area contributed by atoms with Crippen LogP contribution in [0.2, 0.25) is 0 Å². The zero-order valence-corrected chi connectivity index (χ0v) is 12.2. The van der Waals surface area contributed by atoms with E-state index in [-0.39, 0.29) is 11.8 Å². The van der Waals surface area contributed by atoms with Crippen molar-refractivity contribution in [1.82, 2.24) is 15.2 Å². The summed E-state index contributed by atoms with van der Waals surface area (Å²) in [5.74, 6) is 0.521. The number of nitrogens with two attached hydrogens (primary N) is 1. The lowest BCUT2D eigenvalue weighted by Crippen LogP contribution is -2.34. The van der Waals surface area contributed by atoms with Crippen LogP contribution in [0.1, 0.15) is 37.7 Å². The highest BCUT2D eigenvalue weighted by molar-refractivity contribution is 5.79. The molecule has 0 aromatic carbocycles. The van der Waals surface area contributed by atoms with Gasteiger partial charge in [-0.25, -0.2) is 4.98 Å². The van der Waals surface area contributed by atoms with Crippen molar-refractivity contribution >= 4 is 17.6 Å². The fourth-order valence-electron chi connectivity index (χ4n) is 2.39. The Morgan fingerprint density at radius 3 is 3.05 bits per heavy atom. The summed E-state index contributed by atoms with van der Waals surface area (Å²) in [4.78, 5) is 29.4. The summed E-state index contributed by atoms with van der Waals surface area (Å²) in [7, 11) is 0. The van der Waals surface area contributed by atoms with E-state index in [1.807, 2.05) is 6.07 Å². The number of amides is 2. The molecule has 2 rings (SSSR count). The molecule has 0 spiro atoms. The number of hydrogen-bond acceptors (Lipinski definition) is 4. The molecule has 0 atom stereocenters. The topological polar surface area (TPSA) is 88.3 Å². The highest BCUT2D eigenvalue weighted by atomic mass is 16.2. The summed E-state index contributed by atoms with van der Waals surface area (Å²) in [5, 5.41) is 2.81. The van der Waals surface area contributed by atoms with Gasteiger partial charge in [0.05, 0.1) is 0 Å². The highest BCUT2D eigenvalue weighted by Crippen LogP contribution is 2.11. The van der Waals surface area contributed by atoms with E-state index in [1.165, 1.54) is 0 Å². The second-order valence-electron chi connectivity index (χ2n) is 5.27. The van der Waals surface area contributed by atoms with Crippen molar-refractivity contribution in [3.63, 3.8) is 0 Å². The Labute approximate surface area is 124 Å². The van der Waals surface area contributed by atoms with Crippen molar-refractivity contribution in [1.29, 1.82) is 0 Å². The molecule has 0 aliphatic carbocycles. The van der Waals surface area contributed by atoms with Gasteiger partial charge < -0.3 is 16.0 Å². The molecule has 6 heteroatoms. The first-order valence-electron chi connectivity index (χ1n) is 7.40. The van der Waals surface area contributed by atoms with Gasteiger partial charge in [-0.2, -0.15) is 0 Å². The molecule has 1 aromatic rings. The van der Waals surface area contributed by atoms with Crippen LogP contribution in [0, 0.1) is 0 Å². The van der Waals surface area contributed by atoms with Crippen molar-refractivity contribution in [3.05, 3.63) is 23.9 Å². The minimum Gasteiger partial charge on any atom is -0.383 e. The largest absolute Gasteiger partial charge is 0.383 e. The molecule has 1 saturated heterocycles. The summed E-state index contributed by atoms with van der Waals surface area (Å²) in [6.07, 6.45) is 5.63. The zero-order valence-electron chi connectivity index (χ0n) is 12.2. The molecule has 1 aliphatic heterocycles. The smallest absolute Gasteiger partial charge is 0.222 e. The Kier molecular flexibility index (Phi) is 5.54. The molecule has 1 aromatic heterocycles. The third-order valence-corrected chi connectivity index (χ3v) is 3.68. The molecule has 2 amide bonds. The van der Waals surface area contributed by atoms with E-state index >= 15 is 0 Å². The van der Waals surface area contributed by atoms with Crippen molar-refractivity contribution in [2.75, 3.05) is 18.8 Å². The van der Waals surface area contributed by atoms with Crippen LogP contribution in [0.15, 0.2) is 18.3 Å². The maximum atomic E-state index is 11.9. The van der Waals surface area contributed by atoms with E-state index < -0.39 is 0 Å². The van der Waals surface area contributed by atoms with Crippen LogP contribution >= 0.6 is 0 Å². The van der Waals surface area contributed by atoms with Crippen LogP contribution in [0.25, 0.3) is 0 Å². The molecule has 6 nitrogen and oxygen atoms in total. The van der Waals surface area contributed by atoms with Crippen LogP contribution in [-0.4, -0.2) is 34.8 Å². The van der Waals surface area contributed by atoms with Gasteiger partial charge in [0, 0.05) is 44.2 Å². The maximum absolute atomic E-state index is 11.9. The van der Waals surface area contributed by atoms with Crippen molar-refractivity contribution in [2.45, 2.75) is 38.6 Å². The third-order valence-electron chi connectivity index (χ3n) is 3.68. The van der Waals surface area contributed by atoms with E-state index in [9.17, 15) is 9.59 Å². The average Bonchev–Trinajstić information content (AvgIpc) is 2.69. The Morgan fingerprint density at radius 1 is 1.38 bits per heavy atom. The van der Waals surface area contributed by atoms with Gasteiger partial charge >= 0.3 is 0 Å². The lowest BCUT2D eigenvalue weighted by atomic mass is 10.2. The second kappa shape index (κ2) is 7.61. The number of carbonyl (C=O) groups excluding carboxylic acids is 2. The SMILES string of the molecule is Nc1ncccc1CNC(=O)CCN1CCCCCC1=O. The lowest BCUT2D eigenvalue weighted by Gasteiger charge is -2.20. The summed E-state index contributed by atoms with van der Waals surface area (Å²) >= 11 is 0. The monoisotopic (exact) mass is 290 g/mol. The number of nitrogen functional groups attached to an aromatic ring is 1. The van der Waals surface area contributed by atoms with E-state index in [2.05, 4.69) is 10.3 Å². The number of likely N-dealkylation sites (tertiary alicyclic amines) is 1. The van der Waals surface area contributed by atoms with Gasteiger partial charge in [0.1, 0.15) is 5.82 Å². The first-order valence-corrected chi connectivity index (χ1v) is 7.40. The third kappa shape index (κ3) is 4.73. The molecular weight excluding hydrogens is 268 g/mol. The van der Waals surface area contributed by atoms with E-state index in [4.69, 9.17) is 5.73 Å². The quantitative estimate of drug-likeness (QED) is 0.849. The Bertz CT molecular complexity index is 504. The van der Waals surface area contributed by atoms with Crippen LogP contribution in [-0.2, 0) is 16.1 Å². The predicted octanol–water partition coefficient (Wildman–Crippen LogP) is 1.07. The van der Waals surface area contributed by atoms with Crippen LogP contribution in [0.3, 0.4) is 0 Å². The van der Waals surface area contributed by atoms with E-state index in [1.54, 1.807) is 17.2 Å².